The molecule has 0 heterocycles. The van der Waals surface area contributed by atoms with Gasteiger partial charge in [-0.3, -0.25) is 0 Å². The lowest BCUT2D eigenvalue weighted by Gasteiger charge is -2.28. The lowest BCUT2D eigenvalue weighted by molar-refractivity contribution is 0.229. The molecule has 2 aromatic carbocycles. The van der Waals surface area contributed by atoms with E-state index in [0.29, 0.717) is 16.5 Å². The van der Waals surface area contributed by atoms with Crippen LogP contribution in [0.3, 0.4) is 0 Å². The van der Waals surface area contributed by atoms with Crippen LogP contribution in [0.25, 0.3) is 0 Å². The second-order valence-electron chi connectivity index (χ2n) is 7.59. The Kier molecular flexibility index (Phi) is 7.09. The van der Waals surface area contributed by atoms with Gasteiger partial charge in [0.1, 0.15) is 0 Å². The SMILES string of the molecule is COc1ccc(CN(C2CCCC2)S(=O)(=O)c2ccc(Cl)cc2)cc1OC(C)C. The largest absolute Gasteiger partial charge is 0.493 e. The molecule has 0 spiro atoms. The zero-order valence-electron chi connectivity index (χ0n) is 17.1. The maximum absolute atomic E-state index is 13.4. The second-order valence-corrected chi connectivity index (χ2v) is 9.92. The van der Waals surface area contributed by atoms with Crippen molar-refractivity contribution < 1.29 is 17.9 Å². The van der Waals surface area contributed by atoms with E-state index in [1.807, 2.05) is 32.0 Å². The zero-order chi connectivity index (χ0) is 21.0. The number of methoxy groups -OCH3 is 1. The highest BCUT2D eigenvalue weighted by Crippen LogP contribution is 2.33. The van der Waals surface area contributed by atoms with Crippen molar-refractivity contribution in [3.05, 3.63) is 53.1 Å². The Balaban J connectivity index is 1.95. The first-order valence-electron chi connectivity index (χ1n) is 9.92. The van der Waals surface area contributed by atoms with Crippen molar-refractivity contribution >= 4 is 21.6 Å². The number of ether oxygens (including phenoxy) is 2. The minimum atomic E-state index is -3.65. The molecule has 0 N–H and O–H groups in total. The summed E-state index contributed by atoms with van der Waals surface area (Å²) in [6, 6.07) is 12.0. The van der Waals surface area contributed by atoms with Crippen LogP contribution in [0.1, 0.15) is 45.1 Å². The van der Waals surface area contributed by atoms with Crippen LogP contribution < -0.4 is 9.47 Å². The van der Waals surface area contributed by atoms with E-state index in [0.717, 1.165) is 31.2 Å². The molecule has 3 rings (SSSR count). The van der Waals surface area contributed by atoms with E-state index >= 15 is 0 Å². The van der Waals surface area contributed by atoms with Crippen molar-refractivity contribution in [1.29, 1.82) is 0 Å². The van der Waals surface area contributed by atoms with Crippen LogP contribution in [0, 0.1) is 0 Å². The summed E-state index contributed by atoms with van der Waals surface area (Å²) in [5, 5.41) is 0.516. The molecule has 2 aromatic rings. The smallest absolute Gasteiger partial charge is 0.243 e. The van der Waals surface area contributed by atoms with Crippen LogP contribution in [0.5, 0.6) is 11.5 Å². The monoisotopic (exact) mass is 437 g/mol. The van der Waals surface area contributed by atoms with Crippen LogP contribution in [0.15, 0.2) is 47.4 Å². The van der Waals surface area contributed by atoms with Gasteiger partial charge in [-0.1, -0.05) is 30.5 Å². The number of hydrogen-bond donors (Lipinski definition) is 0. The van der Waals surface area contributed by atoms with Gasteiger partial charge in [-0.15, -0.1) is 0 Å². The van der Waals surface area contributed by atoms with Gasteiger partial charge in [-0.05, 0) is 68.7 Å². The van der Waals surface area contributed by atoms with Crippen LogP contribution in [0.4, 0.5) is 0 Å². The normalized spacial score (nSPS) is 15.2. The molecule has 29 heavy (non-hydrogen) atoms. The third kappa shape index (κ3) is 5.24. The van der Waals surface area contributed by atoms with Crippen molar-refractivity contribution in [2.75, 3.05) is 7.11 Å². The van der Waals surface area contributed by atoms with Crippen LogP contribution >= 0.6 is 11.6 Å². The highest BCUT2D eigenvalue weighted by Gasteiger charge is 2.33. The van der Waals surface area contributed by atoms with E-state index in [9.17, 15) is 8.42 Å². The summed E-state index contributed by atoms with van der Waals surface area (Å²) in [5.41, 5.74) is 0.867. The molecule has 0 radical (unpaired) electrons. The van der Waals surface area contributed by atoms with E-state index in [4.69, 9.17) is 21.1 Å². The summed E-state index contributed by atoms with van der Waals surface area (Å²) in [6.07, 6.45) is 3.82. The fourth-order valence-electron chi connectivity index (χ4n) is 3.69. The van der Waals surface area contributed by atoms with Gasteiger partial charge in [-0.2, -0.15) is 4.31 Å². The van der Waals surface area contributed by atoms with E-state index in [-0.39, 0.29) is 23.6 Å². The number of nitrogens with zero attached hydrogens (tertiary/aromatic N) is 1. The van der Waals surface area contributed by atoms with E-state index in [1.54, 1.807) is 35.7 Å². The second kappa shape index (κ2) is 9.37. The molecule has 7 heteroatoms. The molecule has 0 atom stereocenters. The molecule has 0 bridgehead atoms. The van der Waals surface area contributed by atoms with Crippen molar-refractivity contribution in [3.63, 3.8) is 0 Å². The Morgan fingerprint density at radius 2 is 1.72 bits per heavy atom. The number of halogens is 1. The molecule has 0 saturated heterocycles. The van der Waals surface area contributed by atoms with Gasteiger partial charge >= 0.3 is 0 Å². The maximum Gasteiger partial charge on any atom is 0.243 e. The zero-order valence-corrected chi connectivity index (χ0v) is 18.7. The molecule has 5 nitrogen and oxygen atoms in total. The third-order valence-corrected chi connectivity index (χ3v) is 7.25. The predicted molar refractivity (Wildman–Crippen MR) is 115 cm³/mol. The number of rotatable bonds is 8. The summed E-state index contributed by atoms with van der Waals surface area (Å²) in [7, 11) is -2.05. The third-order valence-electron chi connectivity index (χ3n) is 5.08. The molecule has 0 amide bonds. The molecule has 1 aliphatic rings. The van der Waals surface area contributed by atoms with Gasteiger partial charge in [-0.25, -0.2) is 8.42 Å². The molecule has 0 aliphatic heterocycles. The lowest BCUT2D eigenvalue weighted by atomic mass is 10.1. The number of benzene rings is 2. The molecule has 158 valence electrons. The van der Waals surface area contributed by atoms with E-state index in [2.05, 4.69) is 0 Å². The quantitative estimate of drug-likeness (QED) is 0.564. The fraction of sp³-hybridized carbons (Fsp3) is 0.455. The van der Waals surface area contributed by atoms with Gasteiger partial charge < -0.3 is 9.47 Å². The Labute approximate surface area is 178 Å². The van der Waals surface area contributed by atoms with Crippen molar-refractivity contribution in [2.24, 2.45) is 0 Å². The van der Waals surface area contributed by atoms with Crippen molar-refractivity contribution in [1.82, 2.24) is 4.31 Å². The molecule has 0 aromatic heterocycles. The van der Waals surface area contributed by atoms with Crippen molar-refractivity contribution in [3.8, 4) is 11.5 Å². The molecule has 0 unspecified atom stereocenters. The Morgan fingerprint density at radius 1 is 1.07 bits per heavy atom. The topological polar surface area (TPSA) is 55.8 Å². The average Bonchev–Trinajstić information content (AvgIpc) is 3.20. The number of hydrogen-bond acceptors (Lipinski definition) is 4. The average molecular weight is 438 g/mol. The summed E-state index contributed by atoms with van der Waals surface area (Å²) in [6.45, 7) is 4.18. The summed E-state index contributed by atoms with van der Waals surface area (Å²) in [4.78, 5) is 0.265. The van der Waals surface area contributed by atoms with Gasteiger partial charge in [0.2, 0.25) is 10.0 Å². The fourth-order valence-corrected chi connectivity index (χ4v) is 5.49. The van der Waals surface area contributed by atoms with Crippen LogP contribution in [-0.2, 0) is 16.6 Å². The maximum atomic E-state index is 13.4. The van der Waals surface area contributed by atoms with Gasteiger partial charge in [0.15, 0.2) is 11.5 Å². The lowest BCUT2D eigenvalue weighted by Crippen LogP contribution is -2.38. The molecule has 1 aliphatic carbocycles. The minimum Gasteiger partial charge on any atom is -0.493 e. The van der Waals surface area contributed by atoms with Gasteiger partial charge in [0.25, 0.3) is 0 Å². The minimum absolute atomic E-state index is 0.00718. The highest BCUT2D eigenvalue weighted by molar-refractivity contribution is 7.89. The first kappa shape index (κ1) is 21.9. The van der Waals surface area contributed by atoms with E-state index in [1.165, 1.54) is 0 Å². The number of sulfonamides is 1. The van der Waals surface area contributed by atoms with Gasteiger partial charge in [0.05, 0.1) is 18.1 Å². The molecule has 1 saturated carbocycles. The summed E-state index contributed by atoms with van der Waals surface area (Å²) in [5.74, 6) is 1.26. The van der Waals surface area contributed by atoms with E-state index < -0.39 is 10.0 Å². The van der Waals surface area contributed by atoms with Crippen molar-refractivity contribution in [2.45, 2.75) is 63.1 Å². The van der Waals surface area contributed by atoms with Crippen LogP contribution in [0.2, 0.25) is 5.02 Å². The predicted octanol–water partition coefficient (Wildman–Crippen LogP) is 5.27. The Hall–Kier alpha value is -1.76. The Morgan fingerprint density at radius 3 is 2.31 bits per heavy atom. The first-order chi connectivity index (χ1) is 13.8. The molecule has 1 fully saturated rings. The molecular formula is C22H28ClNO4S. The summed E-state index contributed by atoms with van der Waals surface area (Å²) >= 11 is 5.95. The summed E-state index contributed by atoms with van der Waals surface area (Å²) < 4.78 is 39.8. The molecular weight excluding hydrogens is 410 g/mol. The van der Waals surface area contributed by atoms with Crippen LogP contribution in [-0.4, -0.2) is 32.0 Å². The first-order valence-corrected chi connectivity index (χ1v) is 11.7. The Bertz CT molecular complexity index is 922. The standard InChI is InChI=1S/C22H28ClNO4S/c1-16(2)28-22-14-17(8-13-21(22)27-3)15-24(19-6-4-5-7-19)29(25,26)20-11-9-18(23)10-12-20/h8-14,16,19H,4-7,15H2,1-3H3. The van der Waals surface area contributed by atoms with Gasteiger partial charge in [0, 0.05) is 17.6 Å². The highest BCUT2D eigenvalue weighted by atomic mass is 35.5.